The molecule has 1 atom stereocenters. The first-order chi connectivity index (χ1) is 23.2. The van der Waals surface area contributed by atoms with Gasteiger partial charge in [0.05, 0.1) is 24.3 Å². The third-order valence-corrected chi connectivity index (χ3v) is 9.73. The van der Waals surface area contributed by atoms with Crippen molar-refractivity contribution in [1.29, 1.82) is 0 Å². The number of ether oxygens (including phenoxy) is 2. The van der Waals surface area contributed by atoms with E-state index in [-0.39, 0.29) is 36.1 Å². The molecule has 48 heavy (non-hydrogen) atoms. The molecule has 9 nitrogen and oxygen atoms in total. The van der Waals surface area contributed by atoms with Crippen LogP contribution in [0.2, 0.25) is 5.02 Å². The minimum absolute atomic E-state index is 0.0245. The maximum Gasteiger partial charge on any atom is 0.264 e. The molecule has 0 bridgehead atoms. The van der Waals surface area contributed by atoms with Crippen LogP contribution >= 0.6 is 11.6 Å². The van der Waals surface area contributed by atoms with Crippen molar-refractivity contribution in [2.45, 2.75) is 50.6 Å². The van der Waals surface area contributed by atoms with Gasteiger partial charge < -0.3 is 19.7 Å². The molecule has 0 heterocycles. The van der Waals surface area contributed by atoms with Crippen molar-refractivity contribution in [2.24, 2.45) is 0 Å². The van der Waals surface area contributed by atoms with Gasteiger partial charge in [0, 0.05) is 24.5 Å². The summed E-state index contributed by atoms with van der Waals surface area (Å²) < 4.78 is 41.0. The Bertz CT molecular complexity index is 1750. The molecule has 1 unspecified atom stereocenters. The maximum absolute atomic E-state index is 14.7. The first-order valence-corrected chi connectivity index (χ1v) is 17.7. The van der Waals surface area contributed by atoms with Gasteiger partial charge >= 0.3 is 0 Å². The number of unbranched alkanes of at least 4 members (excludes halogenated alkanes) is 1. The van der Waals surface area contributed by atoms with Gasteiger partial charge in [0.25, 0.3) is 10.0 Å². The molecule has 1 N–H and O–H groups in total. The number of para-hydroxylation sites is 2. The summed E-state index contributed by atoms with van der Waals surface area (Å²) in [5.74, 6) is -0.0223. The monoisotopic (exact) mass is 691 g/mol. The lowest BCUT2D eigenvalue weighted by Crippen LogP contribution is -2.53. The molecule has 11 heteroatoms. The summed E-state index contributed by atoms with van der Waals surface area (Å²) >= 11 is 6.09. The summed E-state index contributed by atoms with van der Waals surface area (Å²) in [6, 6.07) is 28.1. The molecule has 0 radical (unpaired) electrons. The van der Waals surface area contributed by atoms with Crippen LogP contribution in [0.1, 0.15) is 37.8 Å². The first-order valence-electron chi connectivity index (χ1n) is 15.9. The van der Waals surface area contributed by atoms with E-state index in [0.717, 1.165) is 22.7 Å². The molecule has 0 saturated heterocycles. The van der Waals surface area contributed by atoms with E-state index in [0.29, 0.717) is 28.6 Å². The number of halogens is 1. The van der Waals surface area contributed by atoms with Crippen molar-refractivity contribution < 1.29 is 27.5 Å². The Morgan fingerprint density at radius 1 is 0.875 bits per heavy atom. The minimum Gasteiger partial charge on any atom is -0.497 e. The van der Waals surface area contributed by atoms with Gasteiger partial charge in [-0.15, -0.1) is 0 Å². The lowest BCUT2D eigenvalue weighted by molar-refractivity contribution is -0.140. The Balaban J connectivity index is 1.83. The standard InChI is InChI=1S/C37H42ClN3O6S/c1-4-6-23-39-37(43)34(25-28-13-8-7-9-14-28)40(26-29-15-12-16-31(24-29)46-3)36(42)27-41(33-17-10-11-18-35(33)47-5-2)48(44,45)32-21-19-30(38)20-22-32/h7-22,24,34H,4-6,23,25-27H2,1-3H3,(H,39,43). The summed E-state index contributed by atoms with van der Waals surface area (Å²) in [6.45, 7) is 3.96. The average molecular weight is 692 g/mol. The number of nitrogens with one attached hydrogen (secondary N) is 1. The van der Waals surface area contributed by atoms with E-state index in [4.69, 9.17) is 21.1 Å². The normalized spacial score (nSPS) is 11.8. The molecular formula is C37H42ClN3O6S. The Hall–Kier alpha value is -4.54. The second-order valence-corrected chi connectivity index (χ2v) is 13.4. The summed E-state index contributed by atoms with van der Waals surface area (Å²) in [6.07, 6.45) is 1.87. The van der Waals surface area contributed by atoms with Crippen molar-refractivity contribution in [3.8, 4) is 11.5 Å². The van der Waals surface area contributed by atoms with Crippen molar-refractivity contribution >= 4 is 39.1 Å². The number of rotatable bonds is 17. The number of hydrogen-bond donors (Lipinski definition) is 1. The van der Waals surface area contributed by atoms with Gasteiger partial charge in [0.1, 0.15) is 24.1 Å². The first kappa shape index (κ1) is 36.3. The Morgan fingerprint density at radius 3 is 2.25 bits per heavy atom. The number of anilines is 1. The van der Waals surface area contributed by atoms with E-state index < -0.39 is 28.5 Å². The molecule has 0 aliphatic carbocycles. The molecule has 4 aromatic carbocycles. The zero-order valence-electron chi connectivity index (χ0n) is 27.5. The lowest BCUT2D eigenvalue weighted by atomic mass is 10.0. The van der Waals surface area contributed by atoms with Crippen LogP contribution in [-0.4, -0.2) is 58.0 Å². The maximum atomic E-state index is 14.7. The number of carbonyl (C=O) groups excluding carboxylic acids is 2. The molecule has 0 spiro atoms. The highest BCUT2D eigenvalue weighted by atomic mass is 35.5. The zero-order valence-corrected chi connectivity index (χ0v) is 29.0. The van der Waals surface area contributed by atoms with Crippen LogP contribution in [0.25, 0.3) is 0 Å². The smallest absolute Gasteiger partial charge is 0.264 e. The van der Waals surface area contributed by atoms with Crippen LogP contribution in [0.3, 0.4) is 0 Å². The van der Waals surface area contributed by atoms with E-state index in [2.05, 4.69) is 5.32 Å². The van der Waals surface area contributed by atoms with Crippen molar-refractivity contribution in [2.75, 3.05) is 31.1 Å². The number of methoxy groups -OCH3 is 1. The van der Waals surface area contributed by atoms with Crippen LogP contribution in [0.4, 0.5) is 5.69 Å². The van der Waals surface area contributed by atoms with E-state index >= 15 is 0 Å². The molecule has 4 rings (SSSR count). The summed E-state index contributed by atoms with van der Waals surface area (Å²) in [5.41, 5.74) is 1.75. The van der Waals surface area contributed by atoms with E-state index in [1.165, 1.54) is 29.2 Å². The summed E-state index contributed by atoms with van der Waals surface area (Å²) in [4.78, 5) is 30.0. The molecule has 0 saturated carbocycles. The second kappa shape index (κ2) is 17.6. The highest BCUT2D eigenvalue weighted by Gasteiger charge is 2.35. The molecule has 0 fully saturated rings. The third-order valence-electron chi connectivity index (χ3n) is 7.70. The average Bonchev–Trinajstić information content (AvgIpc) is 3.10. The molecule has 4 aromatic rings. The quantitative estimate of drug-likeness (QED) is 0.127. The van der Waals surface area contributed by atoms with Gasteiger partial charge in [-0.1, -0.05) is 79.5 Å². The van der Waals surface area contributed by atoms with E-state index in [1.54, 1.807) is 56.5 Å². The second-order valence-electron chi connectivity index (χ2n) is 11.1. The minimum atomic E-state index is -4.32. The predicted octanol–water partition coefficient (Wildman–Crippen LogP) is 6.50. The molecule has 2 amide bonds. The van der Waals surface area contributed by atoms with Gasteiger partial charge in [-0.2, -0.15) is 0 Å². The largest absolute Gasteiger partial charge is 0.497 e. The fourth-order valence-electron chi connectivity index (χ4n) is 5.22. The summed E-state index contributed by atoms with van der Waals surface area (Å²) in [5, 5.41) is 3.37. The number of sulfonamides is 1. The van der Waals surface area contributed by atoms with Crippen molar-refractivity contribution in [1.82, 2.24) is 10.2 Å². The van der Waals surface area contributed by atoms with Gasteiger partial charge in [0.2, 0.25) is 11.8 Å². The number of benzene rings is 4. The zero-order chi connectivity index (χ0) is 34.5. The fourth-order valence-corrected chi connectivity index (χ4v) is 6.77. The molecule has 0 aliphatic rings. The van der Waals surface area contributed by atoms with Gasteiger partial charge in [-0.3, -0.25) is 13.9 Å². The van der Waals surface area contributed by atoms with Crippen LogP contribution in [-0.2, 0) is 32.6 Å². The van der Waals surface area contributed by atoms with Crippen LogP contribution < -0.4 is 19.1 Å². The lowest BCUT2D eigenvalue weighted by Gasteiger charge is -2.34. The third kappa shape index (κ3) is 9.51. The number of nitrogens with zero attached hydrogens (tertiary/aromatic N) is 2. The number of amides is 2. The molecular weight excluding hydrogens is 650 g/mol. The molecule has 0 aromatic heterocycles. The van der Waals surface area contributed by atoms with Crippen LogP contribution in [0.5, 0.6) is 11.5 Å². The van der Waals surface area contributed by atoms with E-state index in [1.807, 2.05) is 43.3 Å². The Labute approximate surface area is 288 Å². The highest BCUT2D eigenvalue weighted by Crippen LogP contribution is 2.33. The predicted molar refractivity (Wildman–Crippen MR) is 189 cm³/mol. The summed E-state index contributed by atoms with van der Waals surface area (Å²) in [7, 11) is -2.77. The van der Waals surface area contributed by atoms with Crippen LogP contribution in [0.15, 0.2) is 108 Å². The number of carbonyl (C=O) groups is 2. The van der Waals surface area contributed by atoms with Gasteiger partial charge in [-0.25, -0.2) is 8.42 Å². The van der Waals surface area contributed by atoms with Gasteiger partial charge in [-0.05, 0) is 73.0 Å². The van der Waals surface area contributed by atoms with Gasteiger partial charge in [0.15, 0.2) is 0 Å². The SMILES string of the molecule is CCCCNC(=O)C(Cc1ccccc1)N(Cc1cccc(OC)c1)C(=O)CN(c1ccccc1OCC)S(=O)(=O)c1ccc(Cl)cc1. The molecule has 0 aliphatic heterocycles. The van der Waals surface area contributed by atoms with Crippen molar-refractivity contribution in [3.63, 3.8) is 0 Å². The topological polar surface area (TPSA) is 105 Å². The van der Waals surface area contributed by atoms with Crippen molar-refractivity contribution in [3.05, 3.63) is 119 Å². The fraction of sp³-hybridized carbons (Fsp3) is 0.297. The Kier molecular flexibility index (Phi) is 13.3. The van der Waals surface area contributed by atoms with E-state index in [9.17, 15) is 18.0 Å². The van der Waals surface area contributed by atoms with Crippen LogP contribution in [0, 0.1) is 0 Å². The Morgan fingerprint density at radius 2 is 1.56 bits per heavy atom. The highest BCUT2D eigenvalue weighted by molar-refractivity contribution is 7.92. The number of hydrogen-bond acceptors (Lipinski definition) is 6. The molecule has 254 valence electrons.